The minimum Gasteiger partial charge on any atom is -0.186 e. The van der Waals surface area contributed by atoms with Crippen LogP contribution in [0, 0.1) is 0 Å². The molecule has 0 bridgehead atoms. The molecule has 1 rings (SSSR count). The highest BCUT2D eigenvalue weighted by Crippen LogP contribution is 2.82. The summed E-state index contributed by atoms with van der Waals surface area (Å²) in [5.74, 6) is -22.4. The molecule has 28 heteroatoms. The third kappa shape index (κ3) is 13.9. The van der Waals surface area contributed by atoms with Crippen LogP contribution in [-0.4, -0.2) is 10.6 Å². The van der Waals surface area contributed by atoms with Crippen LogP contribution in [0.5, 0.6) is 0 Å². The first kappa shape index (κ1) is 32.8. The number of nitrogens with zero attached hydrogens (tertiary/aromatic N) is 8. The second-order valence-corrected chi connectivity index (χ2v) is 33.9. The lowest BCUT2D eigenvalue weighted by Crippen LogP contribution is -1.77. The zero-order valence-electron chi connectivity index (χ0n) is 12.6. The monoisotopic (exact) mass is 811 g/mol. The van der Waals surface area contributed by atoms with Crippen molar-refractivity contribution in [3.05, 3.63) is 0 Å². The van der Waals surface area contributed by atoms with Gasteiger partial charge in [-0.1, -0.05) is 0 Å². The molecule has 0 aromatic heterocycles. The van der Waals surface area contributed by atoms with Crippen molar-refractivity contribution >= 4 is 204 Å². The van der Waals surface area contributed by atoms with Crippen LogP contribution in [0.15, 0.2) is 37.1 Å². The smallest absolute Gasteiger partial charge is 0.186 e. The highest BCUT2D eigenvalue weighted by Gasteiger charge is 2.28. The van der Waals surface area contributed by atoms with Crippen LogP contribution in [0.3, 0.4) is 0 Å². The van der Waals surface area contributed by atoms with Gasteiger partial charge < -0.3 is 0 Å². The van der Waals surface area contributed by atoms with E-state index in [2.05, 4.69) is 37.1 Å². The third-order valence-corrected chi connectivity index (χ3v) is 22.6. The molecule has 1 aliphatic heterocycles. The second kappa shape index (κ2) is 12.1. The van der Waals surface area contributed by atoms with E-state index in [0.29, 0.717) is 0 Å². The first-order chi connectivity index (χ1) is 13.0. The number of hydrogen-bond donors (Lipinski definition) is 0. The summed E-state index contributed by atoms with van der Waals surface area (Å²) in [6.45, 7) is 0. The molecular weight excluding hydrogens is 818 g/mol. The van der Waals surface area contributed by atoms with Crippen molar-refractivity contribution in [1.82, 2.24) is 0 Å². The van der Waals surface area contributed by atoms with Gasteiger partial charge >= 0.3 is 0 Å². The Morgan fingerprint density at radius 2 is 0.600 bits per heavy atom. The number of amidine groups is 2. The Morgan fingerprint density at radius 3 is 0.867 bits per heavy atom. The summed E-state index contributed by atoms with van der Waals surface area (Å²) in [5.41, 5.74) is 0. The fourth-order valence-electron chi connectivity index (χ4n) is 1.07. The van der Waals surface area contributed by atoms with Crippen molar-refractivity contribution in [3.63, 3.8) is 0 Å². The highest BCUT2D eigenvalue weighted by molar-refractivity contribution is 8.22. The van der Waals surface area contributed by atoms with Gasteiger partial charge in [0.15, 0.2) is 0 Å². The van der Waals surface area contributed by atoms with E-state index in [-0.39, 0.29) is 0 Å². The fourth-order valence-corrected chi connectivity index (χ4v) is 30.9. The quantitative estimate of drug-likeness (QED) is 0.172. The van der Waals surface area contributed by atoms with Crippen LogP contribution < -0.4 is 0 Å². The molecule has 0 radical (unpaired) electrons. The molecule has 0 aliphatic carbocycles. The van der Waals surface area contributed by atoms with Crippen LogP contribution in [0.4, 0.5) is 0 Å². The Morgan fingerprint density at radius 1 is 0.367 bits per heavy atom. The van der Waals surface area contributed by atoms with E-state index in [1.807, 2.05) is 0 Å². The number of rotatable bonds is 0. The van der Waals surface area contributed by atoms with Crippen LogP contribution in [0.2, 0.25) is 0 Å². The van der Waals surface area contributed by atoms with E-state index >= 15 is 0 Å². The Kier molecular flexibility index (Phi) is 13.2. The molecule has 0 fully saturated rings. The van der Waals surface area contributed by atoms with Crippen LogP contribution >= 0.6 is 194 Å². The summed E-state index contributed by atoms with van der Waals surface area (Å²) in [7, 11) is 0. The van der Waals surface area contributed by atoms with Gasteiger partial charge in [-0.25, -0.2) is 0 Å². The SMILES string of the molecule is Cl/C1=N/P(Cl)(Cl)=NP(Cl)(Cl)=NP(Cl)(Cl)=N/C(Cl)=N\P(Cl)(Cl)=NP(Cl)(Cl)=NP(Cl)(Cl)=N1. The summed E-state index contributed by atoms with van der Waals surface area (Å²) >= 11 is 83.9. The minimum absolute atomic E-state index is 0.658. The molecule has 0 spiro atoms. The highest BCUT2D eigenvalue weighted by atomic mass is 35.9. The maximum Gasteiger partial charge on any atom is 0.257 e. The van der Waals surface area contributed by atoms with Crippen molar-refractivity contribution in [3.8, 4) is 0 Å². The fraction of sp³-hybridized carbons (Fsp3) is 0. The van der Waals surface area contributed by atoms with Crippen molar-refractivity contribution < 1.29 is 0 Å². The summed E-state index contributed by atoms with van der Waals surface area (Å²) in [4.78, 5) is 0. The predicted molar refractivity (Wildman–Crippen MR) is 153 cm³/mol. The lowest BCUT2D eigenvalue weighted by atomic mass is 11.4. The van der Waals surface area contributed by atoms with Crippen molar-refractivity contribution in [2.75, 3.05) is 0 Å². The molecule has 1 heterocycles. The Hall–Kier alpha value is 4.78. The third-order valence-electron chi connectivity index (χ3n) is 1.67. The molecular formula is C2Cl14N8P6. The number of halogens is 14. The predicted octanol–water partition coefficient (Wildman–Crippen LogP) is 15.7. The summed E-state index contributed by atoms with van der Waals surface area (Å²) < 4.78 is 29.6. The summed E-state index contributed by atoms with van der Waals surface area (Å²) in [6, 6.07) is 0. The summed E-state index contributed by atoms with van der Waals surface area (Å²) in [5, 5.41) is -1.32. The van der Waals surface area contributed by atoms with Gasteiger partial charge in [-0.3, -0.25) is 0 Å². The molecule has 0 aromatic carbocycles. The Labute approximate surface area is 238 Å². The Bertz CT molecular complexity index is 1000. The van der Waals surface area contributed by atoms with Crippen molar-refractivity contribution in [1.29, 1.82) is 0 Å². The Balaban J connectivity index is 4.10. The second-order valence-electron chi connectivity index (χ2n) is 4.03. The molecule has 176 valence electrons. The number of hydrogen-bond acceptors (Lipinski definition) is 8. The molecule has 8 nitrogen and oxygen atoms in total. The standard InChI is InChI=1S/C2Cl14N8P6/c3-1-17-25(5,6)21-29(13,14)23-27(9,10)19-2(4)20-28(11,12)24-30(15,16)22-26(7,8)18-1/b17-1-,20-2-. The summed E-state index contributed by atoms with van der Waals surface area (Å²) in [6.07, 6.45) is 0. The van der Waals surface area contributed by atoms with Gasteiger partial charge in [-0.2, -0.15) is 37.1 Å². The van der Waals surface area contributed by atoms with Crippen molar-refractivity contribution in [2.45, 2.75) is 0 Å². The molecule has 0 saturated carbocycles. The van der Waals surface area contributed by atoms with E-state index in [1.165, 1.54) is 0 Å². The van der Waals surface area contributed by atoms with Gasteiger partial charge in [0.1, 0.15) is 0 Å². The van der Waals surface area contributed by atoms with E-state index < -0.39 is 46.1 Å². The van der Waals surface area contributed by atoms with Gasteiger partial charge in [-0.15, -0.1) is 0 Å². The topological polar surface area (TPSA) is 98.9 Å². The lowest BCUT2D eigenvalue weighted by molar-refractivity contribution is 1.71. The van der Waals surface area contributed by atoms with E-state index in [9.17, 15) is 0 Å². The van der Waals surface area contributed by atoms with Crippen LogP contribution in [-0.2, 0) is 0 Å². The first-order valence-electron chi connectivity index (χ1n) is 5.70. The molecule has 0 amide bonds. The van der Waals surface area contributed by atoms with Crippen molar-refractivity contribution in [2.24, 2.45) is 37.1 Å². The van der Waals surface area contributed by atoms with E-state index in [4.69, 9.17) is 158 Å². The average Bonchev–Trinajstić information content (AvgIpc) is 2.24. The van der Waals surface area contributed by atoms with E-state index in [1.54, 1.807) is 0 Å². The van der Waals surface area contributed by atoms with Gasteiger partial charge in [0.05, 0.1) is 0 Å². The van der Waals surface area contributed by atoms with Crippen LogP contribution in [0.1, 0.15) is 0 Å². The van der Waals surface area contributed by atoms with Gasteiger partial charge in [0.25, 0.3) is 35.5 Å². The molecule has 0 aromatic rings. The minimum atomic E-state index is -3.76. The van der Waals surface area contributed by atoms with Crippen LogP contribution in [0.25, 0.3) is 0 Å². The normalized spacial score (nSPS) is 30.7. The zero-order chi connectivity index (χ0) is 23.8. The lowest BCUT2D eigenvalue weighted by Gasteiger charge is -2.12. The molecule has 30 heavy (non-hydrogen) atoms. The maximum absolute atomic E-state index is 6.03. The van der Waals surface area contributed by atoms with Gasteiger partial charge in [-0.05, 0) is 158 Å². The van der Waals surface area contributed by atoms with Gasteiger partial charge in [0.2, 0.25) is 10.6 Å². The van der Waals surface area contributed by atoms with E-state index in [0.717, 1.165) is 0 Å². The average molecular weight is 818 g/mol. The molecule has 0 N–H and O–H groups in total. The molecule has 0 saturated heterocycles. The molecule has 1 aliphatic rings. The molecule has 0 atom stereocenters. The maximum atomic E-state index is 6.03. The largest absolute Gasteiger partial charge is 0.257 e. The zero-order valence-corrected chi connectivity index (χ0v) is 28.5. The van der Waals surface area contributed by atoms with Gasteiger partial charge in [0, 0.05) is 0 Å². The molecule has 0 unspecified atom stereocenters. The first-order valence-corrected chi connectivity index (χ1v) is 27.5.